The molecule has 0 aliphatic heterocycles. The van der Waals surface area contributed by atoms with Gasteiger partial charge in [-0.25, -0.2) is 8.42 Å². The monoisotopic (exact) mass is 373 g/mol. The molecule has 3 nitrogen and oxygen atoms in total. The van der Waals surface area contributed by atoms with Crippen molar-refractivity contribution < 1.29 is 8.42 Å². The first-order valence-corrected chi connectivity index (χ1v) is 8.51. The molecule has 2 aromatic carbocycles. The van der Waals surface area contributed by atoms with Gasteiger partial charge in [-0.15, -0.1) is 0 Å². The average molecular weight is 375 g/mol. The fourth-order valence-corrected chi connectivity index (χ4v) is 4.08. The maximum atomic E-state index is 12.5. The van der Waals surface area contributed by atoms with E-state index in [0.29, 0.717) is 20.7 Å². The molecule has 0 bridgehead atoms. The predicted octanol–water partition coefficient (Wildman–Crippen LogP) is 4.52. The van der Waals surface area contributed by atoms with E-state index in [0.717, 1.165) is 5.56 Å². The lowest BCUT2D eigenvalue weighted by Gasteiger charge is -2.13. The summed E-state index contributed by atoms with van der Waals surface area (Å²) in [4.78, 5) is 0.228. The molecule has 0 unspecified atom stereocenters. The fraction of sp³-hybridized carbons (Fsp3) is 0.143. The summed E-state index contributed by atoms with van der Waals surface area (Å²) in [6, 6.07) is 10.4. The molecular formula is C14H13BrClNO2S. The van der Waals surface area contributed by atoms with Crippen LogP contribution in [0.25, 0.3) is 0 Å². The van der Waals surface area contributed by atoms with Crippen molar-refractivity contribution in [1.82, 2.24) is 0 Å². The number of benzene rings is 2. The first-order valence-electron chi connectivity index (χ1n) is 5.85. The Morgan fingerprint density at radius 1 is 1.10 bits per heavy atom. The van der Waals surface area contributed by atoms with Crippen LogP contribution in [0.5, 0.6) is 0 Å². The Labute approximate surface area is 132 Å². The van der Waals surface area contributed by atoms with Crippen molar-refractivity contribution in [2.75, 3.05) is 4.72 Å². The number of aryl methyl sites for hydroxylation is 2. The van der Waals surface area contributed by atoms with Crippen molar-refractivity contribution in [2.24, 2.45) is 0 Å². The second kappa shape index (κ2) is 5.76. The number of rotatable bonds is 3. The Balaban J connectivity index is 2.49. The zero-order chi connectivity index (χ0) is 14.9. The molecule has 0 fully saturated rings. The van der Waals surface area contributed by atoms with Crippen LogP contribution < -0.4 is 4.72 Å². The quantitative estimate of drug-likeness (QED) is 0.858. The summed E-state index contributed by atoms with van der Waals surface area (Å²) in [5, 5.41) is 0.376. The first-order chi connectivity index (χ1) is 9.31. The van der Waals surface area contributed by atoms with Gasteiger partial charge in [0.1, 0.15) is 0 Å². The number of hydrogen-bond acceptors (Lipinski definition) is 2. The maximum absolute atomic E-state index is 12.5. The highest BCUT2D eigenvalue weighted by Gasteiger charge is 2.19. The third-order valence-corrected chi connectivity index (χ3v) is 5.20. The lowest BCUT2D eigenvalue weighted by atomic mass is 10.2. The second-order valence-corrected chi connectivity index (χ2v) is 7.42. The van der Waals surface area contributed by atoms with E-state index in [1.54, 1.807) is 50.2 Å². The molecular weight excluding hydrogens is 362 g/mol. The van der Waals surface area contributed by atoms with E-state index in [1.165, 1.54) is 0 Å². The van der Waals surface area contributed by atoms with Gasteiger partial charge in [-0.3, -0.25) is 4.72 Å². The Bertz CT molecular complexity index is 740. The van der Waals surface area contributed by atoms with E-state index < -0.39 is 10.0 Å². The van der Waals surface area contributed by atoms with E-state index in [1.807, 2.05) is 0 Å². The van der Waals surface area contributed by atoms with E-state index >= 15 is 0 Å². The summed E-state index contributed by atoms with van der Waals surface area (Å²) < 4.78 is 28.2. The molecule has 20 heavy (non-hydrogen) atoms. The van der Waals surface area contributed by atoms with Gasteiger partial charge in [0.15, 0.2) is 0 Å². The van der Waals surface area contributed by atoms with E-state index in [-0.39, 0.29) is 4.90 Å². The molecule has 0 radical (unpaired) electrons. The highest BCUT2D eigenvalue weighted by Crippen LogP contribution is 2.29. The number of nitrogens with one attached hydrogen (secondary N) is 1. The van der Waals surface area contributed by atoms with Crippen LogP contribution >= 0.6 is 27.5 Å². The summed E-state index contributed by atoms with van der Waals surface area (Å²) in [5.41, 5.74) is 1.85. The third-order valence-electron chi connectivity index (χ3n) is 2.90. The van der Waals surface area contributed by atoms with Crippen LogP contribution in [0.3, 0.4) is 0 Å². The summed E-state index contributed by atoms with van der Waals surface area (Å²) in [7, 11) is -3.68. The molecule has 0 atom stereocenters. The summed E-state index contributed by atoms with van der Waals surface area (Å²) in [6.45, 7) is 3.55. The highest BCUT2D eigenvalue weighted by atomic mass is 79.9. The molecule has 1 N–H and O–H groups in total. The van der Waals surface area contributed by atoms with Crippen LogP contribution in [0.15, 0.2) is 45.8 Å². The van der Waals surface area contributed by atoms with Crippen LogP contribution in [0.1, 0.15) is 11.1 Å². The zero-order valence-electron chi connectivity index (χ0n) is 10.9. The topological polar surface area (TPSA) is 46.2 Å². The predicted molar refractivity (Wildman–Crippen MR) is 85.9 cm³/mol. The van der Waals surface area contributed by atoms with Crippen molar-refractivity contribution in [3.63, 3.8) is 0 Å². The van der Waals surface area contributed by atoms with Gasteiger partial charge in [0.2, 0.25) is 0 Å². The smallest absolute Gasteiger partial charge is 0.262 e. The summed E-state index contributed by atoms with van der Waals surface area (Å²) in [6.07, 6.45) is 0. The zero-order valence-corrected chi connectivity index (χ0v) is 14.1. The van der Waals surface area contributed by atoms with Crippen LogP contribution in [-0.4, -0.2) is 8.42 Å². The fourth-order valence-electron chi connectivity index (χ4n) is 1.81. The Morgan fingerprint density at radius 3 is 2.45 bits per heavy atom. The maximum Gasteiger partial charge on any atom is 0.262 e. The van der Waals surface area contributed by atoms with Crippen molar-refractivity contribution in [2.45, 2.75) is 18.7 Å². The van der Waals surface area contributed by atoms with Gasteiger partial charge >= 0.3 is 0 Å². The van der Waals surface area contributed by atoms with Gasteiger partial charge in [-0.1, -0.05) is 45.7 Å². The highest BCUT2D eigenvalue weighted by molar-refractivity contribution is 9.10. The molecule has 0 saturated carbocycles. The summed E-state index contributed by atoms with van der Waals surface area (Å²) >= 11 is 9.34. The summed E-state index contributed by atoms with van der Waals surface area (Å²) in [5.74, 6) is 0. The van der Waals surface area contributed by atoms with Crippen molar-refractivity contribution >= 4 is 43.2 Å². The molecule has 0 aromatic heterocycles. The van der Waals surface area contributed by atoms with Gasteiger partial charge in [0, 0.05) is 4.47 Å². The molecule has 6 heteroatoms. The molecule has 0 aliphatic carbocycles. The standard InChI is InChI=1S/C14H13BrClNO2S/c1-9-6-7-11(15)8-13(9)20(18,19)17-14-10(2)4-3-5-12(14)16/h3-8,17H,1-2H3. The van der Waals surface area contributed by atoms with Crippen molar-refractivity contribution in [3.8, 4) is 0 Å². The van der Waals surface area contributed by atoms with Gasteiger partial charge in [-0.05, 0) is 43.2 Å². The van der Waals surface area contributed by atoms with Crippen molar-refractivity contribution in [1.29, 1.82) is 0 Å². The SMILES string of the molecule is Cc1ccc(Br)cc1S(=O)(=O)Nc1c(C)cccc1Cl. The molecule has 0 aliphatic rings. The van der Waals surface area contributed by atoms with Crippen LogP contribution in [0, 0.1) is 13.8 Å². The van der Waals surface area contributed by atoms with E-state index in [2.05, 4.69) is 20.7 Å². The molecule has 0 saturated heterocycles. The van der Waals surface area contributed by atoms with Gasteiger partial charge in [0.05, 0.1) is 15.6 Å². The lowest BCUT2D eigenvalue weighted by Crippen LogP contribution is -2.15. The van der Waals surface area contributed by atoms with Crippen LogP contribution in [0.2, 0.25) is 5.02 Å². The Kier molecular flexibility index (Phi) is 4.42. The van der Waals surface area contributed by atoms with Crippen LogP contribution in [0.4, 0.5) is 5.69 Å². The number of sulfonamides is 1. The number of halogens is 2. The first kappa shape index (κ1) is 15.4. The minimum absolute atomic E-state index is 0.228. The third kappa shape index (κ3) is 3.16. The number of para-hydroxylation sites is 1. The number of anilines is 1. The minimum Gasteiger partial charge on any atom is -0.278 e. The molecule has 2 rings (SSSR count). The minimum atomic E-state index is -3.68. The molecule has 2 aromatic rings. The lowest BCUT2D eigenvalue weighted by molar-refractivity contribution is 0.600. The van der Waals surface area contributed by atoms with Gasteiger partial charge in [0.25, 0.3) is 10.0 Å². The largest absolute Gasteiger partial charge is 0.278 e. The molecule has 0 amide bonds. The average Bonchev–Trinajstić information content (AvgIpc) is 2.37. The molecule has 106 valence electrons. The van der Waals surface area contributed by atoms with Gasteiger partial charge in [-0.2, -0.15) is 0 Å². The normalized spacial score (nSPS) is 11.4. The van der Waals surface area contributed by atoms with E-state index in [4.69, 9.17) is 11.6 Å². The van der Waals surface area contributed by atoms with Crippen LogP contribution in [-0.2, 0) is 10.0 Å². The molecule has 0 spiro atoms. The second-order valence-electron chi connectivity index (χ2n) is 4.45. The Hall–Kier alpha value is -1.04. The van der Waals surface area contributed by atoms with E-state index in [9.17, 15) is 8.42 Å². The Morgan fingerprint density at radius 2 is 1.80 bits per heavy atom. The van der Waals surface area contributed by atoms with Crippen molar-refractivity contribution in [3.05, 3.63) is 57.0 Å². The number of hydrogen-bond donors (Lipinski definition) is 1. The van der Waals surface area contributed by atoms with Gasteiger partial charge < -0.3 is 0 Å². The molecule has 0 heterocycles.